The van der Waals surface area contributed by atoms with Crippen molar-refractivity contribution in [2.45, 2.75) is 24.0 Å². The molecule has 0 bridgehead atoms. The number of hydrogen-bond acceptors (Lipinski definition) is 5. The lowest BCUT2D eigenvalue weighted by atomic mass is 9.84. The van der Waals surface area contributed by atoms with Gasteiger partial charge in [-0.3, -0.25) is 4.79 Å². The van der Waals surface area contributed by atoms with Crippen molar-refractivity contribution >= 4 is 23.4 Å². The number of carbonyl (C=O) groups excluding carboxylic acids is 1. The molecule has 0 spiro atoms. The Kier molecular flexibility index (Phi) is 3.41. The quantitative estimate of drug-likeness (QED) is 0.831. The maximum absolute atomic E-state index is 12.3. The second-order valence-electron chi connectivity index (χ2n) is 5.22. The van der Waals surface area contributed by atoms with Crippen LogP contribution in [0.3, 0.4) is 0 Å². The number of ether oxygens (including phenoxy) is 2. The first kappa shape index (κ1) is 13.4. The van der Waals surface area contributed by atoms with Gasteiger partial charge < -0.3 is 20.5 Å². The van der Waals surface area contributed by atoms with Crippen LogP contribution in [0.15, 0.2) is 12.1 Å². The zero-order chi connectivity index (χ0) is 14.2. The largest absolute Gasteiger partial charge is 0.454 e. The fraction of sp³-hybridized carbons (Fsp3) is 0.500. The van der Waals surface area contributed by atoms with Crippen molar-refractivity contribution in [2.24, 2.45) is 0 Å². The molecule has 1 saturated carbocycles. The van der Waals surface area contributed by atoms with Crippen LogP contribution in [0.1, 0.15) is 29.6 Å². The van der Waals surface area contributed by atoms with E-state index < -0.39 is 0 Å². The van der Waals surface area contributed by atoms with Crippen LogP contribution >= 0.6 is 11.8 Å². The van der Waals surface area contributed by atoms with E-state index in [1.807, 2.05) is 11.8 Å². The van der Waals surface area contributed by atoms with Crippen LogP contribution in [0.4, 0.5) is 5.69 Å². The molecule has 1 fully saturated rings. The fourth-order valence-electron chi connectivity index (χ4n) is 2.52. The zero-order valence-electron chi connectivity index (χ0n) is 11.4. The molecular weight excluding hydrogens is 276 g/mol. The van der Waals surface area contributed by atoms with Crippen molar-refractivity contribution in [3.63, 3.8) is 0 Å². The number of amides is 1. The molecule has 1 heterocycles. The van der Waals surface area contributed by atoms with Crippen molar-refractivity contribution in [3.8, 4) is 11.5 Å². The molecule has 20 heavy (non-hydrogen) atoms. The molecule has 0 aromatic heterocycles. The topological polar surface area (TPSA) is 73.6 Å². The summed E-state index contributed by atoms with van der Waals surface area (Å²) in [6.45, 7) is 0.857. The zero-order valence-corrected chi connectivity index (χ0v) is 12.2. The highest BCUT2D eigenvalue weighted by molar-refractivity contribution is 8.00. The SMILES string of the molecule is CSC1(CNC(=O)c2cc3c(cc2N)OCO3)CCC1. The van der Waals surface area contributed by atoms with Crippen LogP contribution in [0.5, 0.6) is 11.5 Å². The summed E-state index contributed by atoms with van der Waals surface area (Å²) in [4.78, 5) is 12.3. The molecule has 0 radical (unpaired) electrons. The second-order valence-corrected chi connectivity index (χ2v) is 6.49. The van der Waals surface area contributed by atoms with E-state index in [0.29, 0.717) is 29.3 Å². The van der Waals surface area contributed by atoms with Crippen molar-refractivity contribution in [3.05, 3.63) is 17.7 Å². The highest BCUT2D eigenvalue weighted by Crippen LogP contribution is 2.42. The Morgan fingerprint density at radius 2 is 2.10 bits per heavy atom. The maximum atomic E-state index is 12.3. The molecule has 1 amide bonds. The second kappa shape index (κ2) is 5.09. The normalized spacial score (nSPS) is 18.4. The van der Waals surface area contributed by atoms with Gasteiger partial charge in [0.15, 0.2) is 11.5 Å². The summed E-state index contributed by atoms with van der Waals surface area (Å²) in [5, 5.41) is 2.99. The number of anilines is 1. The Morgan fingerprint density at radius 3 is 2.70 bits per heavy atom. The molecule has 1 aliphatic carbocycles. The van der Waals surface area contributed by atoms with Gasteiger partial charge in [-0.05, 0) is 25.2 Å². The van der Waals surface area contributed by atoms with E-state index >= 15 is 0 Å². The van der Waals surface area contributed by atoms with Crippen molar-refractivity contribution < 1.29 is 14.3 Å². The number of fused-ring (bicyclic) bond motifs is 1. The minimum Gasteiger partial charge on any atom is -0.454 e. The van der Waals surface area contributed by atoms with E-state index in [0.717, 1.165) is 12.8 Å². The van der Waals surface area contributed by atoms with Gasteiger partial charge >= 0.3 is 0 Å². The summed E-state index contributed by atoms with van der Waals surface area (Å²) in [7, 11) is 0. The smallest absolute Gasteiger partial charge is 0.253 e. The average Bonchev–Trinajstić information content (AvgIpc) is 2.83. The number of nitrogens with two attached hydrogens (primary N) is 1. The van der Waals surface area contributed by atoms with Gasteiger partial charge in [-0.1, -0.05) is 6.42 Å². The summed E-state index contributed by atoms with van der Waals surface area (Å²) >= 11 is 1.83. The Bertz CT molecular complexity index is 538. The summed E-state index contributed by atoms with van der Waals surface area (Å²) in [5.74, 6) is 1.02. The minimum atomic E-state index is -0.152. The lowest BCUT2D eigenvalue weighted by Gasteiger charge is -2.40. The molecule has 3 rings (SSSR count). The molecule has 2 aliphatic rings. The lowest BCUT2D eigenvalue weighted by molar-refractivity contribution is 0.0944. The van der Waals surface area contributed by atoms with Gasteiger partial charge in [-0.2, -0.15) is 11.8 Å². The van der Waals surface area contributed by atoms with Crippen LogP contribution in [0, 0.1) is 0 Å². The molecule has 0 unspecified atom stereocenters. The summed E-state index contributed by atoms with van der Waals surface area (Å²) in [6, 6.07) is 3.30. The number of hydrogen-bond donors (Lipinski definition) is 2. The number of rotatable bonds is 4. The van der Waals surface area contributed by atoms with Crippen LogP contribution in [0.2, 0.25) is 0 Å². The highest BCUT2D eigenvalue weighted by atomic mass is 32.2. The van der Waals surface area contributed by atoms with E-state index in [9.17, 15) is 4.79 Å². The third-order valence-corrected chi connectivity index (χ3v) is 5.48. The van der Waals surface area contributed by atoms with Crippen LogP contribution in [0.25, 0.3) is 0 Å². The van der Waals surface area contributed by atoms with Crippen LogP contribution in [-0.2, 0) is 0 Å². The molecule has 6 heteroatoms. The number of benzene rings is 1. The minimum absolute atomic E-state index is 0.152. The third-order valence-electron chi connectivity index (χ3n) is 4.06. The summed E-state index contributed by atoms with van der Waals surface area (Å²) in [5.41, 5.74) is 6.78. The van der Waals surface area contributed by atoms with Gasteiger partial charge in [0.05, 0.1) is 5.56 Å². The monoisotopic (exact) mass is 294 g/mol. The number of thioether (sulfide) groups is 1. The molecule has 1 aromatic carbocycles. The Hall–Kier alpha value is -1.56. The molecule has 3 N–H and O–H groups in total. The summed E-state index contributed by atoms with van der Waals surface area (Å²) < 4.78 is 10.7. The fourth-order valence-corrected chi connectivity index (χ4v) is 3.43. The van der Waals surface area contributed by atoms with E-state index in [4.69, 9.17) is 15.2 Å². The standard InChI is InChI=1S/C14H18N2O3S/c1-20-14(3-2-4-14)7-16-13(17)9-5-11-12(6-10(9)15)19-8-18-11/h5-6H,2-4,7-8,15H2,1H3,(H,16,17). The van der Waals surface area contributed by atoms with E-state index in [1.165, 1.54) is 6.42 Å². The number of nitrogen functional groups attached to an aromatic ring is 1. The summed E-state index contributed by atoms with van der Waals surface area (Å²) in [6.07, 6.45) is 5.65. The van der Waals surface area contributed by atoms with Crippen LogP contribution in [-0.4, -0.2) is 30.2 Å². The Morgan fingerprint density at radius 1 is 1.40 bits per heavy atom. The molecular formula is C14H18N2O3S. The number of carbonyl (C=O) groups is 1. The first-order chi connectivity index (χ1) is 9.63. The molecule has 0 saturated heterocycles. The van der Waals surface area contributed by atoms with E-state index in [1.54, 1.807) is 12.1 Å². The molecule has 108 valence electrons. The van der Waals surface area contributed by atoms with Gasteiger partial charge in [-0.15, -0.1) is 0 Å². The third kappa shape index (κ3) is 2.28. The van der Waals surface area contributed by atoms with Gasteiger partial charge in [-0.25, -0.2) is 0 Å². The lowest BCUT2D eigenvalue weighted by Crippen LogP contribution is -2.45. The number of nitrogens with one attached hydrogen (secondary N) is 1. The van der Waals surface area contributed by atoms with Crippen molar-refractivity contribution in [2.75, 3.05) is 25.3 Å². The van der Waals surface area contributed by atoms with Crippen molar-refractivity contribution in [1.82, 2.24) is 5.32 Å². The van der Waals surface area contributed by atoms with E-state index in [2.05, 4.69) is 11.6 Å². The average molecular weight is 294 g/mol. The van der Waals surface area contributed by atoms with Gasteiger partial charge in [0, 0.05) is 23.0 Å². The van der Waals surface area contributed by atoms with E-state index in [-0.39, 0.29) is 17.4 Å². The first-order valence-electron chi connectivity index (χ1n) is 6.66. The van der Waals surface area contributed by atoms with Gasteiger partial charge in [0.1, 0.15) is 0 Å². The predicted octanol–water partition coefficient (Wildman–Crippen LogP) is 2.01. The highest BCUT2D eigenvalue weighted by Gasteiger charge is 2.36. The first-order valence-corrected chi connectivity index (χ1v) is 7.88. The molecule has 0 atom stereocenters. The Labute approximate surface area is 122 Å². The molecule has 5 nitrogen and oxygen atoms in total. The van der Waals surface area contributed by atoms with Crippen LogP contribution < -0.4 is 20.5 Å². The van der Waals surface area contributed by atoms with Crippen molar-refractivity contribution in [1.29, 1.82) is 0 Å². The predicted molar refractivity (Wildman–Crippen MR) is 79.4 cm³/mol. The molecule has 1 aromatic rings. The van der Waals surface area contributed by atoms with Gasteiger partial charge in [0.2, 0.25) is 6.79 Å². The maximum Gasteiger partial charge on any atom is 0.253 e. The Balaban J connectivity index is 1.71. The van der Waals surface area contributed by atoms with Gasteiger partial charge in [0.25, 0.3) is 5.91 Å². The molecule has 1 aliphatic heterocycles.